The van der Waals surface area contributed by atoms with E-state index in [1.165, 1.54) is 12.1 Å². The quantitative estimate of drug-likeness (QED) is 0.299. The first-order valence-electron chi connectivity index (χ1n) is 9.60. The lowest BCUT2D eigenvalue weighted by Crippen LogP contribution is -2.38. The molecule has 0 aliphatic carbocycles. The Kier molecular flexibility index (Phi) is 5.42. The average Bonchev–Trinajstić information content (AvgIpc) is 3.40. The van der Waals surface area contributed by atoms with Crippen LogP contribution in [-0.2, 0) is 0 Å². The number of phenols is 1. The summed E-state index contributed by atoms with van der Waals surface area (Å²) < 4.78 is 5.80. The zero-order valence-electron chi connectivity index (χ0n) is 16.4. The largest absolute Gasteiger partial charge is 0.505 e. The Bertz CT molecular complexity index is 1170. The van der Waals surface area contributed by atoms with Gasteiger partial charge in [-0.25, -0.2) is 0 Å². The van der Waals surface area contributed by atoms with Crippen LogP contribution in [0.5, 0.6) is 5.75 Å². The van der Waals surface area contributed by atoms with Crippen LogP contribution < -0.4 is 21.5 Å². The Morgan fingerprint density at radius 1 is 1.23 bits per heavy atom. The lowest BCUT2D eigenvalue weighted by molar-refractivity contribution is 0.104. The SMILES string of the molecule is [CH2]C(=O)c1cccc(Nc2c(NC(c3ccc(C)o3)C3CCCS3)c(=O)c2=O)c1O. The molecule has 1 saturated heterocycles. The topological polar surface area (TPSA) is 109 Å². The maximum Gasteiger partial charge on any atom is 0.253 e. The van der Waals surface area contributed by atoms with E-state index in [1.54, 1.807) is 17.8 Å². The number of aromatic hydroxyl groups is 1. The molecular formula is C22H21N2O5S. The van der Waals surface area contributed by atoms with Crippen molar-refractivity contribution in [3.05, 3.63) is 74.8 Å². The molecule has 2 aromatic carbocycles. The maximum absolute atomic E-state index is 12.3. The fourth-order valence-corrected chi connectivity index (χ4v) is 5.01. The van der Waals surface area contributed by atoms with Crippen molar-refractivity contribution in [2.24, 2.45) is 0 Å². The molecule has 1 aliphatic rings. The molecule has 8 heteroatoms. The third-order valence-electron chi connectivity index (χ3n) is 5.21. The van der Waals surface area contributed by atoms with Gasteiger partial charge in [0.05, 0.1) is 17.3 Å². The number of rotatable bonds is 7. The van der Waals surface area contributed by atoms with Gasteiger partial charge in [-0.05, 0) is 49.8 Å². The second-order valence-corrected chi connectivity index (χ2v) is 8.63. The monoisotopic (exact) mass is 425 g/mol. The Morgan fingerprint density at radius 2 is 2.00 bits per heavy atom. The van der Waals surface area contributed by atoms with Crippen LogP contribution in [0.1, 0.15) is 40.8 Å². The van der Waals surface area contributed by atoms with E-state index in [0.717, 1.165) is 24.4 Å². The molecule has 2 atom stereocenters. The number of hydrogen-bond donors (Lipinski definition) is 3. The van der Waals surface area contributed by atoms with Crippen LogP contribution in [0.2, 0.25) is 0 Å². The van der Waals surface area contributed by atoms with Crippen LogP contribution in [0.15, 0.2) is 44.3 Å². The number of ketones is 1. The van der Waals surface area contributed by atoms with Crippen LogP contribution in [0.3, 0.4) is 0 Å². The minimum absolute atomic E-state index is 0.0273. The minimum atomic E-state index is -0.684. The van der Waals surface area contributed by atoms with Crippen molar-refractivity contribution in [2.75, 3.05) is 16.4 Å². The summed E-state index contributed by atoms with van der Waals surface area (Å²) in [6.07, 6.45) is 2.04. The third kappa shape index (κ3) is 3.63. The van der Waals surface area contributed by atoms with E-state index in [9.17, 15) is 19.5 Å². The normalized spacial score (nSPS) is 17.2. The molecule has 1 aliphatic heterocycles. The summed E-state index contributed by atoms with van der Waals surface area (Å²) >= 11 is 1.80. The molecule has 0 spiro atoms. The molecule has 1 radical (unpaired) electrons. The summed E-state index contributed by atoms with van der Waals surface area (Å²) in [6.45, 7) is 5.15. The predicted octanol–water partition coefficient (Wildman–Crippen LogP) is 3.70. The number of carbonyl (C=O) groups is 1. The lowest BCUT2D eigenvalue weighted by Gasteiger charge is -2.25. The van der Waals surface area contributed by atoms with Crippen LogP contribution in [0, 0.1) is 13.8 Å². The number of phenolic OH excluding ortho intramolecular Hbond substituents is 1. The molecule has 2 unspecified atom stereocenters. The van der Waals surface area contributed by atoms with E-state index in [0.29, 0.717) is 5.76 Å². The Morgan fingerprint density at radius 3 is 2.63 bits per heavy atom. The zero-order valence-corrected chi connectivity index (χ0v) is 17.2. The lowest BCUT2D eigenvalue weighted by atomic mass is 10.0. The van der Waals surface area contributed by atoms with E-state index < -0.39 is 16.6 Å². The highest BCUT2D eigenvalue weighted by Crippen LogP contribution is 2.40. The Balaban J connectivity index is 1.66. The molecule has 30 heavy (non-hydrogen) atoms. The number of nitrogens with one attached hydrogen (secondary N) is 2. The highest BCUT2D eigenvalue weighted by molar-refractivity contribution is 8.00. The molecule has 1 aromatic heterocycles. The summed E-state index contributed by atoms with van der Waals surface area (Å²) in [7, 11) is 0. The number of Topliss-reactive ketones (excluding diaryl/α,β-unsaturated/α-hetero) is 1. The van der Waals surface area contributed by atoms with Crippen LogP contribution in [0.4, 0.5) is 17.1 Å². The maximum atomic E-state index is 12.3. The smallest absolute Gasteiger partial charge is 0.253 e. The molecule has 0 bridgehead atoms. The molecule has 2 heterocycles. The van der Waals surface area contributed by atoms with Crippen molar-refractivity contribution in [2.45, 2.75) is 31.1 Å². The van der Waals surface area contributed by atoms with Crippen molar-refractivity contribution in [3.63, 3.8) is 0 Å². The van der Waals surface area contributed by atoms with Gasteiger partial charge in [0, 0.05) is 12.2 Å². The average molecular weight is 425 g/mol. The van der Waals surface area contributed by atoms with E-state index in [-0.39, 0.29) is 39.7 Å². The number of aryl methyl sites for hydroxylation is 1. The number of carbonyl (C=O) groups excluding carboxylic acids is 1. The molecule has 155 valence electrons. The van der Waals surface area contributed by atoms with Crippen LogP contribution in [0.25, 0.3) is 0 Å². The van der Waals surface area contributed by atoms with Gasteiger partial charge in [-0.3, -0.25) is 14.4 Å². The van der Waals surface area contributed by atoms with Crippen LogP contribution in [-0.4, -0.2) is 21.9 Å². The summed E-state index contributed by atoms with van der Waals surface area (Å²) in [4.78, 5) is 36.1. The van der Waals surface area contributed by atoms with Gasteiger partial charge in [0.15, 0.2) is 5.78 Å². The predicted molar refractivity (Wildman–Crippen MR) is 118 cm³/mol. The van der Waals surface area contributed by atoms with E-state index in [2.05, 4.69) is 17.6 Å². The van der Waals surface area contributed by atoms with Gasteiger partial charge in [0.1, 0.15) is 28.6 Å². The van der Waals surface area contributed by atoms with Gasteiger partial charge in [0.25, 0.3) is 10.9 Å². The van der Waals surface area contributed by atoms with Gasteiger partial charge in [-0.15, -0.1) is 0 Å². The second-order valence-electron chi connectivity index (χ2n) is 7.28. The van der Waals surface area contributed by atoms with E-state index in [4.69, 9.17) is 4.42 Å². The summed E-state index contributed by atoms with van der Waals surface area (Å²) in [5.74, 6) is 1.63. The van der Waals surface area contributed by atoms with Gasteiger partial charge in [-0.2, -0.15) is 11.8 Å². The highest BCUT2D eigenvalue weighted by Gasteiger charge is 2.33. The first-order chi connectivity index (χ1) is 14.4. The van der Waals surface area contributed by atoms with Crippen molar-refractivity contribution in [1.29, 1.82) is 0 Å². The first kappa shape index (κ1) is 20.3. The number of anilines is 3. The fraction of sp³-hybridized carbons (Fsp3) is 0.273. The number of thioether (sulfide) groups is 1. The summed E-state index contributed by atoms with van der Waals surface area (Å²) in [5.41, 5.74) is -0.924. The fourth-order valence-electron chi connectivity index (χ4n) is 3.64. The summed E-state index contributed by atoms with van der Waals surface area (Å²) in [5, 5.41) is 16.5. The third-order valence-corrected chi connectivity index (χ3v) is 6.67. The molecule has 1 fully saturated rings. The van der Waals surface area contributed by atoms with Crippen LogP contribution >= 0.6 is 11.8 Å². The number of para-hydroxylation sites is 1. The first-order valence-corrected chi connectivity index (χ1v) is 10.6. The molecule has 0 amide bonds. The van der Waals surface area contributed by atoms with Gasteiger partial charge < -0.3 is 20.2 Å². The zero-order chi connectivity index (χ0) is 21.4. The number of hydrogen-bond acceptors (Lipinski definition) is 8. The summed E-state index contributed by atoms with van der Waals surface area (Å²) in [6, 6.07) is 7.98. The number of benzene rings is 1. The molecular weight excluding hydrogens is 404 g/mol. The molecule has 0 saturated carbocycles. The van der Waals surface area contributed by atoms with Crippen molar-refractivity contribution < 1.29 is 14.3 Å². The van der Waals surface area contributed by atoms with Crippen molar-refractivity contribution >= 4 is 34.6 Å². The van der Waals surface area contributed by atoms with Crippen molar-refractivity contribution in [3.8, 4) is 5.75 Å². The minimum Gasteiger partial charge on any atom is -0.505 e. The van der Waals surface area contributed by atoms with Gasteiger partial charge in [0.2, 0.25) is 0 Å². The molecule has 4 rings (SSSR count). The van der Waals surface area contributed by atoms with E-state index >= 15 is 0 Å². The number of furan rings is 1. The molecule has 3 aromatic rings. The standard InChI is InChI=1S/C22H21N2O5S/c1-11-8-9-15(29-11)17(16-7-4-10-30-16)24-19-18(21(27)22(19)28)23-14-6-3-5-13(12(2)25)20(14)26/h3,5-6,8-9,16-17,23-24,26H,2,4,7,10H2,1H3. The Labute approximate surface area is 177 Å². The van der Waals surface area contributed by atoms with Gasteiger partial charge >= 0.3 is 0 Å². The van der Waals surface area contributed by atoms with E-state index in [1.807, 2.05) is 19.1 Å². The van der Waals surface area contributed by atoms with Crippen molar-refractivity contribution in [1.82, 2.24) is 0 Å². The highest BCUT2D eigenvalue weighted by atomic mass is 32.2. The van der Waals surface area contributed by atoms with Gasteiger partial charge in [-0.1, -0.05) is 6.07 Å². The molecule has 7 nitrogen and oxygen atoms in total. The second kappa shape index (κ2) is 8.02. The molecule has 3 N–H and O–H groups in total. The Hall–Kier alpha value is -3.00.